The highest BCUT2D eigenvalue weighted by Crippen LogP contribution is 2.29. The van der Waals surface area contributed by atoms with Crippen LogP contribution in [0.4, 0.5) is 10.1 Å². The van der Waals surface area contributed by atoms with Gasteiger partial charge in [0.1, 0.15) is 6.26 Å². The Balaban J connectivity index is 2.18. The zero-order chi connectivity index (χ0) is 13.8. The van der Waals surface area contributed by atoms with Gasteiger partial charge in [0.25, 0.3) is 0 Å². The van der Waals surface area contributed by atoms with Crippen LogP contribution in [0.25, 0.3) is 0 Å². The topological polar surface area (TPSA) is 87.6 Å². The van der Waals surface area contributed by atoms with Crippen LogP contribution in [-0.4, -0.2) is 17.6 Å². The fourth-order valence-electron chi connectivity index (χ4n) is 1.32. The molecule has 2 rings (SSSR count). The fraction of sp³-hybridized carbons (Fsp3) is 0.167. The number of benzene rings is 1. The largest absolute Gasteiger partial charge is 0.461 e. The summed E-state index contributed by atoms with van der Waals surface area (Å²) in [5, 5.41) is 0. The first-order valence-corrected chi connectivity index (χ1v) is 5.46. The van der Waals surface area contributed by atoms with Crippen LogP contribution in [0, 0.1) is 5.82 Å². The van der Waals surface area contributed by atoms with Crippen molar-refractivity contribution in [3.63, 3.8) is 0 Å². The Bertz CT molecular complexity index is 577. The maximum atomic E-state index is 13.5. The number of para-hydroxylation sites is 1. The van der Waals surface area contributed by atoms with Gasteiger partial charge in [-0.15, -0.1) is 0 Å². The fourth-order valence-corrected chi connectivity index (χ4v) is 1.32. The first-order valence-electron chi connectivity index (χ1n) is 5.46. The monoisotopic (exact) mass is 266 g/mol. The molecule has 0 saturated carbocycles. The summed E-state index contributed by atoms with van der Waals surface area (Å²) in [6, 6.07) is 4.09. The Morgan fingerprint density at radius 3 is 3.00 bits per heavy atom. The van der Waals surface area contributed by atoms with Gasteiger partial charge in [-0.1, -0.05) is 6.07 Å². The van der Waals surface area contributed by atoms with E-state index in [0.29, 0.717) is 0 Å². The van der Waals surface area contributed by atoms with E-state index in [-0.39, 0.29) is 29.8 Å². The number of halogens is 1. The van der Waals surface area contributed by atoms with Gasteiger partial charge in [-0.05, 0) is 19.1 Å². The molecule has 0 amide bonds. The molecule has 0 spiro atoms. The summed E-state index contributed by atoms with van der Waals surface area (Å²) in [6.07, 6.45) is 0.768. The van der Waals surface area contributed by atoms with Crippen LogP contribution in [0.5, 0.6) is 11.8 Å². The molecule has 0 unspecified atom stereocenters. The number of nitrogen functional groups attached to an aromatic ring is 1. The van der Waals surface area contributed by atoms with Crippen LogP contribution < -0.4 is 10.5 Å². The van der Waals surface area contributed by atoms with E-state index >= 15 is 0 Å². The van der Waals surface area contributed by atoms with Gasteiger partial charge in [0.05, 0.1) is 12.3 Å². The SMILES string of the molecule is CCOC(=O)c1coc(Oc2c(N)cccc2F)n1. The molecule has 0 aliphatic rings. The first kappa shape index (κ1) is 12.9. The molecule has 0 atom stereocenters. The molecule has 7 heteroatoms. The molecule has 0 saturated heterocycles. The normalized spacial score (nSPS) is 10.2. The Labute approximate surface area is 107 Å². The van der Waals surface area contributed by atoms with Gasteiger partial charge in [-0.3, -0.25) is 0 Å². The molecule has 0 radical (unpaired) electrons. The predicted octanol–water partition coefficient (Wildman–Crippen LogP) is 2.36. The zero-order valence-corrected chi connectivity index (χ0v) is 10.1. The predicted molar refractivity (Wildman–Crippen MR) is 63.3 cm³/mol. The third-order valence-corrected chi connectivity index (χ3v) is 2.15. The lowest BCUT2D eigenvalue weighted by atomic mass is 10.3. The number of oxazole rings is 1. The van der Waals surface area contributed by atoms with E-state index < -0.39 is 11.8 Å². The van der Waals surface area contributed by atoms with Gasteiger partial charge in [0.15, 0.2) is 17.3 Å². The highest BCUT2D eigenvalue weighted by Gasteiger charge is 2.16. The van der Waals surface area contributed by atoms with Crippen molar-refractivity contribution in [3.05, 3.63) is 36.0 Å². The van der Waals surface area contributed by atoms with E-state index in [1.807, 2.05) is 0 Å². The highest BCUT2D eigenvalue weighted by molar-refractivity contribution is 5.86. The van der Waals surface area contributed by atoms with E-state index in [1.54, 1.807) is 6.92 Å². The Kier molecular flexibility index (Phi) is 3.65. The number of esters is 1. The molecule has 6 nitrogen and oxygen atoms in total. The van der Waals surface area contributed by atoms with Gasteiger partial charge in [0.2, 0.25) is 0 Å². The number of hydrogen-bond acceptors (Lipinski definition) is 6. The van der Waals surface area contributed by atoms with Gasteiger partial charge in [0, 0.05) is 0 Å². The average Bonchev–Trinajstić information content (AvgIpc) is 2.83. The second-order valence-corrected chi connectivity index (χ2v) is 3.48. The van der Waals surface area contributed by atoms with Crippen LogP contribution in [-0.2, 0) is 4.74 Å². The second-order valence-electron chi connectivity index (χ2n) is 3.48. The minimum Gasteiger partial charge on any atom is -0.461 e. The van der Waals surface area contributed by atoms with Crippen molar-refractivity contribution in [2.24, 2.45) is 0 Å². The lowest BCUT2D eigenvalue weighted by Crippen LogP contribution is -2.04. The molecule has 0 fully saturated rings. The molecule has 2 aromatic rings. The van der Waals surface area contributed by atoms with E-state index in [0.717, 1.165) is 6.26 Å². The van der Waals surface area contributed by atoms with E-state index in [1.165, 1.54) is 18.2 Å². The van der Waals surface area contributed by atoms with Crippen molar-refractivity contribution in [1.82, 2.24) is 4.98 Å². The van der Waals surface area contributed by atoms with Crippen LogP contribution >= 0.6 is 0 Å². The molecule has 100 valence electrons. The summed E-state index contributed by atoms with van der Waals surface area (Å²) in [6.45, 7) is 1.87. The van der Waals surface area contributed by atoms with E-state index in [4.69, 9.17) is 19.6 Å². The number of nitrogens with zero attached hydrogens (tertiary/aromatic N) is 1. The molecular formula is C12H11FN2O4. The lowest BCUT2D eigenvalue weighted by Gasteiger charge is -2.04. The second kappa shape index (κ2) is 5.38. The number of carbonyl (C=O) groups excluding carboxylic acids is 1. The minimum atomic E-state index is -0.657. The molecule has 0 bridgehead atoms. The van der Waals surface area contributed by atoms with Gasteiger partial charge in [-0.2, -0.15) is 4.98 Å². The molecule has 1 aromatic heterocycles. The van der Waals surface area contributed by atoms with Crippen molar-refractivity contribution in [2.45, 2.75) is 6.92 Å². The summed E-state index contributed by atoms with van der Waals surface area (Å²) in [5.74, 6) is -1.52. The van der Waals surface area contributed by atoms with Crippen molar-refractivity contribution in [1.29, 1.82) is 0 Å². The maximum absolute atomic E-state index is 13.5. The van der Waals surface area contributed by atoms with Crippen molar-refractivity contribution in [2.75, 3.05) is 12.3 Å². The zero-order valence-electron chi connectivity index (χ0n) is 10.1. The Hall–Kier alpha value is -2.57. The average molecular weight is 266 g/mol. The van der Waals surface area contributed by atoms with Crippen LogP contribution in [0.3, 0.4) is 0 Å². The first-order chi connectivity index (χ1) is 9.11. The lowest BCUT2D eigenvalue weighted by molar-refractivity contribution is 0.0519. The number of carbonyl (C=O) groups is 1. The van der Waals surface area contributed by atoms with Crippen LogP contribution in [0.1, 0.15) is 17.4 Å². The summed E-state index contributed by atoms with van der Waals surface area (Å²) >= 11 is 0. The smallest absolute Gasteiger partial charge is 0.400 e. The number of rotatable bonds is 4. The molecule has 0 aliphatic carbocycles. The van der Waals surface area contributed by atoms with Gasteiger partial charge >= 0.3 is 12.0 Å². The number of nitrogens with two attached hydrogens (primary N) is 1. The number of ether oxygens (including phenoxy) is 2. The number of aromatic nitrogens is 1. The summed E-state index contributed by atoms with van der Waals surface area (Å²) in [7, 11) is 0. The quantitative estimate of drug-likeness (QED) is 0.675. The van der Waals surface area contributed by atoms with Crippen molar-refractivity contribution < 1.29 is 23.1 Å². The number of hydrogen-bond donors (Lipinski definition) is 1. The van der Waals surface area contributed by atoms with Crippen molar-refractivity contribution in [3.8, 4) is 11.8 Å². The molecule has 1 heterocycles. The number of anilines is 1. The minimum absolute atomic E-state index is 0.0632. The van der Waals surface area contributed by atoms with E-state index in [9.17, 15) is 9.18 Å². The Morgan fingerprint density at radius 2 is 2.32 bits per heavy atom. The molecule has 2 N–H and O–H groups in total. The van der Waals surface area contributed by atoms with Gasteiger partial charge in [-0.25, -0.2) is 9.18 Å². The molecule has 0 aliphatic heterocycles. The van der Waals surface area contributed by atoms with Crippen LogP contribution in [0.15, 0.2) is 28.9 Å². The third kappa shape index (κ3) is 2.82. The van der Waals surface area contributed by atoms with Crippen molar-refractivity contribution >= 4 is 11.7 Å². The molecule has 1 aromatic carbocycles. The summed E-state index contributed by atoms with van der Waals surface area (Å²) < 4.78 is 28.1. The summed E-state index contributed by atoms with van der Waals surface area (Å²) in [5.41, 5.74) is 5.59. The van der Waals surface area contributed by atoms with Crippen LogP contribution in [0.2, 0.25) is 0 Å². The van der Waals surface area contributed by atoms with Gasteiger partial charge < -0.3 is 19.6 Å². The Morgan fingerprint density at radius 1 is 1.53 bits per heavy atom. The molecular weight excluding hydrogens is 255 g/mol. The standard InChI is InChI=1S/C12H11FN2O4/c1-2-17-11(16)9-6-18-12(15-9)19-10-7(13)4-3-5-8(10)14/h3-6H,2,14H2,1H3. The summed E-state index contributed by atoms with van der Waals surface area (Å²) in [4.78, 5) is 15.1. The maximum Gasteiger partial charge on any atom is 0.400 e. The molecule has 19 heavy (non-hydrogen) atoms. The highest BCUT2D eigenvalue weighted by atomic mass is 19.1. The third-order valence-electron chi connectivity index (χ3n) is 2.15. The van der Waals surface area contributed by atoms with E-state index in [2.05, 4.69) is 4.98 Å².